The zero-order valence-electron chi connectivity index (χ0n) is 11.6. The van der Waals surface area contributed by atoms with E-state index in [-0.39, 0.29) is 5.69 Å². The molecule has 3 rings (SSSR count). The van der Waals surface area contributed by atoms with Crippen molar-refractivity contribution in [1.82, 2.24) is 4.98 Å². The van der Waals surface area contributed by atoms with E-state index in [1.807, 2.05) is 6.07 Å². The van der Waals surface area contributed by atoms with E-state index in [1.165, 1.54) is 28.5 Å². The maximum absolute atomic E-state index is 10.8. The predicted molar refractivity (Wildman–Crippen MR) is 85.5 cm³/mol. The molecule has 1 heterocycles. The number of fused-ring (bicyclic) bond motifs is 1. The number of nitrogens with zero attached hydrogens (tertiary/aromatic N) is 2. The molecule has 1 aromatic heterocycles. The van der Waals surface area contributed by atoms with Gasteiger partial charge in [0.2, 0.25) is 0 Å². The monoisotopic (exact) mass is 299 g/mol. The van der Waals surface area contributed by atoms with E-state index in [1.54, 1.807) is 12.1 Å². The number of nitro benzene ring substituents is 1. The Morgan fingerprint density at radius 3 is 2.67 bits per heavy atom. The second kappa shape index (κ2) is 5.14. The van der Waals surface area contributed by atoms with Gasteiger partial charge >= 0.3 is 0 Å². The molecule has 2 aromatic carbocycles. The summed E-state index contributed by atoms with van der Waals surface area (Å²) in [6.45, 7) is 4.12. The molecule has 0 bridgehead atoms. The predicted octanol–water partition coefficient (Wildman–Crippen LogP) is 4.56. The van der Waals surface area contributed by atoms with Crippen LogP contribution in [0.3, 0.4) is 0 Å². The highest BCUT2D eigenvalue weighted by Gasteiger charge is 2.10. The molecule has 0 aliphatic rings. The number of nitro groups is 1. The molecule has 0 spiro atoms. The Balaban J connectivity index is 1.93. The summed E-state index contributed by atoms with van der Waals surface area (Å²) in [5, 5.41) is 14.8. The molecule has 0 saturated carbocycles. The van der Waals surface area contributed by atoms with E-state index < -0.39 is 4.92 Å². The number of aromatic nitrogens is 1. The molecule has 0 unspecified atom stereocenters. The molecule has 0 aliphatic carbocycles. The van der Waals surface area contributed by atoms with Gasteiger partial charge in [-0.15, -0.1) is 0 Å². The van der Waals surface area contributed by atoms with Crippen molar-refractivity contribution in [3.05, 3.63) is 57.6 Å². The fraction of sp³-hybridized carbons (Fsp3) is 0.133. The molecule has 106 valence electrons. The number of aryl methyl sites for hydroxylation is 2. The largest absolute Gasteiger partial charge is 0.332 e. The fourth-order valence-electron chi connectivity index (χ4n) is 2.02. The minimum Gasteiger partial charge on any atom is -0.332 e. The lowest BCUT2D eigenvalue weighted by Crippen LogP contribution is -1.90. The Hall–Kier alpha value is -2.47. The quantitative estimate of drug-likeness (QED) is 0.568. The lowest BCUT2D eigenvalue weighted by Gasteiger charge is -2.05. The Bertz CT molecular complexity index is 842. The van der Waals surface area contributed by atoms with Gasteiger partial charge in [-0.3, -0.25) is 10.1 Å². The summed E-state index contributed by atoms with van der Waals surface area (Å²) in [4.78, 5) is 14.8. The van der Waals surface area contributed by atoms with Crippen molar-refractivity contribution >= 4 is 38.1 Å². The zero-order valence-corrected chi connectivity index (χ0v) is 12.4. The van der Waals surface area contributed by atoms with Gasteiger partial charge in [0.1, 0.15) is 0 Å². The number of nitrogens with one attached hydrogen (secondary N) is 1. The van der Waals surface area contributed by atoms with Crippen molar-refractivity contribution < 1.29 is 4.92 Å². The third kappa shape index (κ3) is 2.71. The molecule has 3 aromatic rings. The number of non-ortho nitro benzene ring substituents is 1. The maximum atomic E-state index is 10.8. The lowest BCUT2D eigenvalue weighted by molar-refractivity contribution is -0.384. The molecular weight excluding hydrogens is 286 g/mol. The van der Waals surface area contributed by atoms with Crippen LogP contribution in [-0.2, 0) is 0 Å². The molecule has 0 aliphatic heterocycles. The van der Waals surface area contributed by atoms with Gasteiger partial charge in [-0.2, -0.15) is 0 Å². The molecule has 0 atom stereocenters. The normalized spacial score (nSPS) is 10.8. The highest BCUT2D eigenvalue weighted by molar-refractivity contribution is 7.22. The van der Waals surface area contributed by atoms with Gasteiger partial charge in [0.25, 0.3) is 5.69 Å². The average molecular weight is 299 g/mol. The standard InChI is InChI=1S/C15H13N3O2S/c1-9-3-4-11(7-10(9)2)16-15-17-13-6-5-12(18(19)20)8-14(13)21-15/h3-8H,1-2H3,(H,16,17). The van der Waals surface area contributed by atoms with Gasteiger partial charge < -0.3 is 5.32 Å². The first-order valence-electron chi connectivity index (χ1n) is 6.42. The van der Waals surface area contributed by atoms with E-state index in [4.69, 9.17) is 0 Å². The third-order valence-electron chi connectivity index (χ3n) is 3.34. The van der Waals surface area contributed by atoms with Gasteiger partial charge in [-0.25, -0.2) is 4.98 Å². The minimum absolute atomic E-state index is 0.0869. The summed E-state index contributed by atoms with van der Waals surface area (Å²) in [5.74, 6) is 0. The molecule has 6 heteroatoms. The fourth-order valence-corrected chi connectivity index (χ4v) is 2.94. The Labute approximate surface area is 125 Å². The topological polar surface area (TPSA) is 68.1 Å². The number of hydrogen-bond acceptors (Lipinski definition) is 5. The van der Waals surface area contributed by atoms with Crippen LogP contribution in [0.1, 0.15) is 11.1 Å². The maximum Gasteiger partial charge on any atom is 0.270 e. The van der Waals surface area contributed by atoms with Crippen molar-refractivity contribution in [2.24, 2.45) is 0 Å². The number of anilines is 2. The molecule has 0 fully saturated rings. The van der Waals surface area contributed by atoms with E-state index in [0.29, 0.717) is 0 Å². The van der Waals surface area contributed by atoms with Crippen molar-refractivity contribution in [3.63, 3.8) is 0 Å². The Morgan fingerprint density at radius 1 is 1.14 bits per heavy atom. The van der Waals surface area contributed by atoms with Crippen LogP contribution in [0, 0.1) is 24.0 Å². The van der Waals surface area contributed by atoms with Crippen LogP contribution in [0.2, 0.25) is 0 Å². The van der Waals surface area contributed by atoms with Crippen molar-refractivity contribution in [2.45, 2.75) is 13.8 Å². The van der Waals surface area contributed by atoms with Crippen LogP contribution in [-0.4, -0.2) is 9.91 Å². The molecule has 21 heavy (non-hydrogen) atoms. The summed E-state index contributed by atoms with van der Waals surface area (Å²) in [7, 11) is 0. The van der Waals surface area contributed by atoms with Gasteiger partial charge in [0, 0.05) is 17.8 Å². The Morgan fingerprint density at radius 2 is 1.95 bits per heavy atom. The van der Waals surface area contributed by atoms with Gasteiger partial charge in [-0.1, -0.05) is 17.4 Å². The van der Waals surface area contributed by atoms with E-state index in [2.05, 4.69) is 36.3 Å². The summed E-state index contributed by atoms with van der Waals surface area (Å²) >= 11 is 1.41. The first-order chi connectivity index (χ1) is 10.0. The molecule has 0 amide bonds. The summed E-state index contributed by atoms with van der Waals surface area (Å²) < 4.78 is 0.801. The zero-order chi connectivity index (χ0) is 15.0. The molecule has 0 saturated heterocycles. The first kappa shape index (κ1) is 13.5. The van der Waals surface area contributed by atoms with Crippen molar-refractivity contribution in [2.75, 3.05) is 5.32 Å². The van der Waals surface area contributed by atoms with E-state index in [9.17, 15) is 10.1 Å². The van der Waals surface area contributed by atoms with Gasteiger partial charge in [0.05, 0.1) is 15.1 Å². The SMILES string of the molecule is Cc1ccc(Nc2nc3ccc([N+](=O)[O-])cc3s2)cc1C. The lowest BCUT2D eigenvalue weighted by atomic mass is 10.1. The molecule has 0 radical (unpaired) electrons. The van der Waals surface area contributed by atoms with Crippen LogP contribution in [0.15, 0.2) is 36.4 Å². The minimum atomic E-state index is -0.393. The third-order valence-corrected chi connectivity index (χ3v) is 4.27. The summed E-state index contributed by atoms with van der Waals surface area (Å²) in [6, 6.07) is 10.8. The molecule has 1 N–H and O–H groups in total. The van der Waals surface area contributed by atoms with Crippen LogP contribution < -0.4 is 5.32 Å². The number of benzene rings is 2. The van der Waals surface area contributed by atoms with E-state index >= 15 is 0 Å². The highest BCUT2D eigenvalue weighted by Crippen LogP contribution is 2.31. The molecule has 5 nitrogen and oxygen atoms in total. The second-order valence-electron chi connectivity index (χ2n) is 4.85. The average Bonchev–Trinajstić information content (AvgIpc) is 2.84. The number of thiazole rings is 1. The molecular formula is C15H13N3O2S. The van der Waals surface area contributed by atoms with Crippen molar-refractivity contribution in [3.8, 4) is 0 Å². The van der Waals surface area contributed by atoms with Crippen LogP contribution in [0.4, 0.5) is 16.5 Å². The van der Waals surface area contributed by atoms with Crippen LogP contribution in [0.5, 0.6) is 0 Å². The highest BCUT2D eigenvalue weighted by atomic mass is 32.1. The van der Waals surface area contributed by atoms with Gasteiger partial charge in [-0.05, 0) is 43.2 Å². The van der Waals surface area contributed by atoms with Gasteiger partial charge in [0.15, 0.2) is 5.13 Å². The number of rotatable bonds is 3. The van der Waals surface area contributed by atoms with E-state index in [0.717, 1.165) is 21.0 Å². The van der Waals surface area contributed by atoms with Crippen LogP contribution in [0.25, 0.3) is 10.2 Å². The van der Waals surface area contributed by atoms with Crippen LogP contribution >= 0.6 is 11.3 Å². The van der Waals surface area contributed by atoms with Crippen molar-refractivity contribution in [1.29, 1.82) is 0 Å². The number of hydrogen-bond donors (Lipinski definition) is 1. The Kier molecular flexibility index (Phi) is 3.31. The summed E-state index contributed by atoms with van der Waals surface area (Å²) in [5.41, 5.74) is 4.25. The first-order valence-corrected chi connectivity index (χ1v) is 7.24. The smallest absolute Gasteiger partial charge is 0.270 e. The summed E-state index contributed by atoms with van der Waals surface area (Å²) in [6.07, 6.45) is 0. The second-order valence-corrected chi connectivity index (χ2v) is 5.88.